The van der Waals surface area contributed by atoms with E-state index >= 15 is 0 Å². The fourth-order valence-corrected chi connectivity index (χ4v) is 3.06. The molecule has 140 valence electrons. The van der Waals surface area contributed by atoms with E-state index in [-0.39, 0.29) is 12.3 Å². The average molecular weight is 440 g/mol. The number of amides is 1. The van der Waals surface area contributed by atoms with E-state index in [1.54, 1.807) is 30.3 Å². The van der Waals surface area contributed by atoms with Gasteiger partial charge in [-0.3, -0.25) is 4.79 Å². The molecule has 4 aromatic rings. The van der Waals surface area contributed by atoms with Crippen molar-refractivity contribution < 1.29 is 13.9 Å². The zero-order valence-corrected chi connectivity index (χ0v) is 16.2. The first-order chi connectivity index (χ1) is 13.6. The van der Waals surface area contributed by atoms with Crippen LogP contribution >= 0.6 is 15.9 Å². The summed E-state index contributed by atoms with van der Waals surface area (Å²) < 4.78 is 22.2. The average Bonchev–Trinajstić information content (AvgIpc) is 3.12. The summed E-state index contributed by atoms with van der Waals surface area (Å²) in [4.78, 5) is 16.9. The van der Waals surface area contributed by atoms with Crippen molar-refractivity contribution in [3.8, 4) is 5.75 Å². The quantitative estimate of drug-likeness (QED) is 0.472. The number of halogens is 2. The Kier molecular flexibility index (Phi) is 5.08. The van der Waals surface area contributed by atoms with Gasteiger partial charge in [-0.05, 0) is 48.5 Å². The second kappa shape index (κ2) is 7.82. The van der Waals surface area contributed by atoms with Crippen molar-refractivity contribution in [3.63, 3.8) is 0 Å². The van der Waals surface area contributed by atoms with E-state index in [2.05, 4.69) is 26.2 Å². The smallest absolute Gasteiger partial charge is 0.255 e. The number of rotatable bonds is 5. The Hall–Kier alpha value is -3.19. The fourth-order valence-electron chi connectivity index (χ4n) is 2.73. The number of fused-ring (bicyclic) bond motifs is 1. The van der Waals surface area contributed by atoms with Gasteiger partial charge >= 0.3 is 0 Å². The number of nitrogens with zero attached hydrogens (tertiary/aromatic N) is 2. The largest absolute Gasteiger partial charge is 0.487 e. The van der Waals surface area contributed by atoms with Gasteiger partial charge in [0, 0.05) is 22.4 Å². The summed E-state index contributed by atoms with van der Waals surface area (Å²) in [7, 11) is 0. The van der Waals surface area contributed by atoms with Crippen LogP contribution in [-0.4, -0.2) is 15.3 Å². The van der Waals surface area contributed by atoms with Gasteiger partial charge in [0.05, 0.1) is 11.4 Å². The summed E-state index contributed by atoms with van der Waals surface area (Å²) in [6.45, 7) is 0.272. The first-order valence-electron chi connectivity index (χ1n) is 8.50. The van der Waals surface area contributed by atoms with Gasteiger partial charge in [-0.2, -0.15) is 0 Å². The molecule has 0 spiro atoms. The molecule has 1 amide bonds. The lowest BCUT2D eigenvalue weighted by atomic mass is 10.2. The van der Waals surface area contributed by atoms with Crippen molar-refractivity contribution in [2.24, 2.45) is 0 Å². The summed E-state index contributed by atoms with van der Waals surface area (Å²) in [6, 6.07) is 16.9. The van der Waals surface area contributed by atoms with Gasteiger partial charge in [-0.25, -0.2) is 9.37 Å². The van der Waals surface area contributed by atoms with Crippen LogP contribution < -0.4 is 10.1 Å². The van der Waals surface area contributed by atoms with Crippen molar-refractivity contribution in [1.29, 1.82) is 0 Å². The van der Waals surface area contributed by atoms with Gasteiger partial charge < -0.3 is 14.5 Å². The van der Waals surface area contributed by atoms with Crippen LogP contribution in [0.5, 0.6) is 5.75 Å². The van der Waals surface area contributed by atoms with Crippen molar-refractivity contribution in [2.45, 2.75) is 6.61 Å². The number of hydrogen-bond donors (Lipinski definition) is 1. The van der Waals surface area contributed by atoms with Crippen LogP contribution in [0.25, 0.3) is 5.65 Å². The standard InChI is InChI=1S/C21H15BrFN3O2/c22-15-7-8-19(18(23)11-15)25-21(27)14-4-3-5-17(10-14)28-13-16-12-26-9-2-1-6-20(26)24-16/h1-12H,13H2,(H,25,27). The minimum Gasteiger partial charge on any atom is -0.487 e. The van der Waals surface area contributed by atoms with Crippen LogP contribution in [-0.2, 0) is 6.61 Å². The summed E-state index contributed by atoms with van der Waals surface area (Å²) in [5.74, 6) is -0.401. The van der Waals surface area contributed by atoms with E-state index in [1.807, 2.05) is 35.0 Å². The van der Waals surface area contributed by atoms with Crippen molar-refractivity contribution >= 4 is 33.2 Å². The molecule has 2 aromatic heterocycles. The van der Waals surface area contributed by atoms with Crippen LogP contribution in [0.15, 0.2) is 77.5 Å². The molecule has 4 rings (SSSR count). The molecule has 0 saturated carbocycles. The zero-order chi connectivity index (χ0) is 19.5. The third kappa shape index (κ3) is 4.04. The van der Waals surface area contributed by atoms with Gasteiger partial charge in [-0.15, -0.1) is 0 Å². The Morgan fingerprint density at radius 1 is 1.14 bits per heavy atom. The van der Waals surface area contributed by atoms with Crippen molar-refractivity contribution in [1.82, 2.24) is 9.38 Å². The Balaban J connectivity index is 1.45. The van der Waals surface area contributed by atoms with E-state index in [0.29, 0.717) is 15.8 Å². The first-order valence-corrected chi connectivity index (χ1v) is 9.30. The highest BCUT2D eigenvalue weighted by Crippen LogP contribution is 2.21. The number of benzene rings is 2. The van der Waals surface area contributed by atoms with Gasteiger partial charge in [0.1, 0.15) is 23.8 Å². The minimum atomic E-state index is -0.512. The Labute approximate surface area is 168 Å². The van der Waals surface area contributed by atoms with Crippen molar-refractivity contribution in [3.05, 3.63) is 94.6 Å². The summed E-state index contributed by atoms with van der Waals surface area (Å²) in [6.07, 6.45) is 3.81. The van der Waals surface area contributed by atoms with Crippen LogP contribution in [0.2, 0.25) is 0 Å². The maximum Gasteiger partial charge on any atom is 0.255 e. The third-order valence-corrected chi connectivity index (χ3v) is 4.57. The molecule has 0 fully saturated rings. The van der Waals surface area contributed by atoms with Gasteiger partial charge in [-0.1, -0.05) is 28.1 Å². The molecule has 5 nitrogen and oxygen atoms in total. The predicted octanol–water partition coefficient (Wildman–Crippen LogP) is 5.07. The predicted molar refractivity (Wildman–Crippen MR) is 108 cm³/mol. The zero-order valence-electron chi connectivity index (χ0n) is 14.6. The Morgan fingerprint density at radius 3 is 2.86 bits per heavy atom. The molecule has 0 bridgehead atoms. The molecule has 2 aromatic carbocycles. The Bertz CT molecular complexity index is 1130. The highest BCUT2D eigenvalue weighted by molar-refractivity contribution is 9.10. The highest BCUT2D eigenvalue weighted by Gasteiger charge is 2.11. The summed E-state index contributed by atoms with van der Waals surface area (Å²) >= 11 is 3.19. The molecule has 0 atom stereocenters. The second-order valence-electron chi connectivity index (χ2n) is 6.09. The minimum absolute atomic E-state index is 0.115. The van der Waals surface area contributed by atoms with E-state index in [0.717, 1.165) is 11.3 Å². The normalized spacial score (nSPS) is 10.8. The van der Waals surface area contributed by atoms with E-state index in [1.165, 1.54) is 12.1 Å². The number of nitrogens with one attached hydrogen (secondary N) is 1. The highest BCUT2D eigenvalue weighted by atomic mass is 79.9. The number of carbonyl (C=O) groups excluding carboxylic acids is 1. The molecule has 7 heteroatoms. The first kappa shape index (κ1) is 18.2. The number of ether oxygens (including phenoxy) is 1. The number of hydrogen-bond acceptors (Lipinski definition) is 3. The number of aromatic nitrogens is 2. The lowest BCUT2D eigenvalue weighted by Crippen LogP contribution is -2.13. The topological polar surface area (TPSA) is 55.6 Å². The SMILES string of the molecule is O=C(Nc1ccc(Br)cc1F)c1cccc(OCc2cn3ccccc3n2)c1. The molecule has 0 saturated heterocycles. The fraction of sp³-hybridized carbons (Fsp3) is 0.0476. The van der Waals surface area contributed by atoms with Crippen molar-refractivity contribution in [2.75, 3.05) is 5.32 Å². The lowest BCUT2D eigenvalue weighted by molar-refractivity contribution is 0.102. The molecular formula is C21H15BrFN3O2. The summed E-state index contributed by atoms with van der Waals surface area (Å²) in [5.41, 5.74) is 2.10. The van der Waals surface area contributed by atoms with E-state index in [4.69, 9.17) is 4.74 Å². The number of anilines is 1. The molecule has 2 heterocycles. The van der Waals surface area contributed by atoms with Gasteiger partial charge in [0.2, 0.25) is 0 Å². The Morgan fingerprint density at radius 2 is 2.04 bits per heavy atom. The summed E-state index contributed by atoms with van der Waals surface area (Å²) in [5, 5.41) is 2.57. The molecule has 0 aliphatic rings. The molecule has 0 aliphatic carbocycles. The molecule has 0 aliphatic heterocycles. The maximum atomic E-state index is 13.9. The molecule has 1 N–H and O–H groups in total. The maximum absolute atomic E-state index is 13.9. The van der Waals surface area contributed by atoms with E-state index < -0.39 is 11.7 Å². The van der Waals surface area contributed by atoms with Crippen LogP contribution in [0, 0.1) is 5.82 Å². The van der Waals surface area contributed by atoms with Crippen LogP contribution in [0.3, 0.4) is 0 Å². The molecule has 0 radical (unpaired) electrons. The lowest BCUT2D eigenvalue weighted by Gasteiger charge is -2.09. The monoisotopic (exact) mass is 439 g/mol. The number of carbonyl (C=O) groups is 1. The third-order valence-electron chi connectivity index (χ3n) is 4.08. The molecule has 0 unspecified atom stereocenters. The van der Waals surface area contributed by atoms with E-state index in [9.17, 15) is 9.18 Å². The number of imidazole rings is 1. The van der Waals surface area contributed by atoms with Gasteiger partial charge in [0.25, 0.3) is 5.91 Å². The van der Waals surface area contributed by atoms with Gasteiger partial charge in [0.15, 0.2) is 0 Å². The second-order valence-corrected chi connectivity index (χ2v) is 7.01. The molecule has 28 heavy (non-hydrogen) atoms. The molecular weight excluding hydrogens is 425 g/mol. The number of pyridine rings is 1. The van der Waals surface area contributed by atoms with Crippen LogP contribution in [0.4, 0.5) is 10.1 Å². The van der Waals surface area contributed by atoms with Crippen LogP contribution in [0.1, 0.15) is 16.1 Å².